The largest absolute Gasteiger partial charge is 0.481 e. The number of methoxy groups -OCH3 is 1. The summed E-state index contributed by atoms with van der Waals surface area (Å²) in [5, 5.41) is 17.3. The zero-order valence-electron chi connectivity index (χ0n) is 27.5. The molecule has 1 aliphatic carbocycles. The molecule has 5 amide bonds. The molecule has 262 valence electrons. The molecule has 15 nitrogen and oxygen atoms in total. The highest BCUT2D eigenvalue weighted by atomic mass is 16.6. The fourth-order valence-electron chi connectivity index (χ4n) is 8.47. The lowest BCUT2D eigenvalue weighted by molar-refractivity contribution is -0.155. The number of fused-ring (bicyclic) bond motifs is 5. The third-order valence-electron chi connectivity index (χ3n) is 11.0. The molecule has 1 unspecified atom stereocenters. The Bertz CT molecular complexity index is 1800. The summed E-state index contributed by atoms with van der Waals surface area (Å²) in [6, 6.07) is 13.4. The van der Waals surface area contributed by atoms with Gasteiger partial charge in [-0.2, -0.15) is 0 Å². The van der Waals surface area contributed by atoms with E-state index >= 15 is 0 Å². The summed E-state index contributed by atoms with van der Waals surface area (Å²) in [6.07, 6.45) is -1.82. The molecule has 2 aromatic rings. The predicted octanol–water partition coefficient (Wildman–Crippen LogP) is 0.651. The number of nitrogens with zero attached hydrogens (tertiary/aromatic N) is 2. The fourth-order valence-corrected chi connectivity index (χ4v) is 8.47. The number of carbonyl (C=O) groups excluding carboxylic acids is 6. The zero-order valence-corrected chi connectivity index (χ0v) is 27.5. The average molecular weight is 688 g/mol. The van der Waals surface area contributed by atoms with Crippen LogP contribution >= 0.6 is 0 Å². The molecule has 4 aliphatic heterocycles. The SMILES string of the molecule is CC[C@]1(CCC(=O)O)NC(=O)[C@@H]2C[C@@]3(CN2C1=O)NC(=O)C1C[C@@](NC(=O)OCC2c4ccccc4-c4ccccc42)(C(=O)OC)CN1C3=O. The van der Waals surface area contributed by atoms with E-state index in [4.69, 9.17) is 9.47 Å². The topological polar surface area (TPSA) is 201 Å². The van der Waals surface area contributed by atoms with Crippen LogP contribution in [0.2, 0.25) is 0 Å². The lowest BCUT2D eigenvalue weighted by Crippen LogP contribution is -2.70. The van der Waals surface area contributed by atoms with Gasteiger partial charge in [0.15, 0.2) is 5.54 Å². The lowest BCUT2D eigenvalue weighted by atomic mass is 9.85. The van der Waals surface area contributed by atoms with Crippen LogP contribution in [0.15, 0.2) is 48.5 Å². The molecule has 0 radical (unpaired) electrons. The maximum Gasteiger partial charge on any atom is 0.408 e. The third kappa shape index (κ3) is 4.97. The van der Waals surface area contributed by atoms with Gasteiger partial charge in [0.2, 0.25) is 17.7 Å². The molecule has 4 saturated heterocycles. The Morgan fingerprint density at radius 2 is 1.48 bits per heavy atom. The van der Waals surface area contributed by atoms with Gasteiger partial charge in [0, 0.05) is 25.2 Å². The van der Waals surface area contributed by atoms with Crippen molar-refractivity contribution in [3.8, 4) is 11.1 Å². The van der Waals surface area contributed by atoms with Crippen molar-refractivity contribution in [2.75, 3.05) is 26.8 Å². The molecule has 5 aliphatic rings. The van der Waals surface area contributed by atoms with Crippen LogP contribution in [-0.2, 0) is 38.2 Å². The quantitative estimate of drug-likeness (QED) is 0.286. The maximum atomic E-state index is 14.3. The number of benzene rings is 2. The van der Waals surface area contributed by atoms with Crippen molar-refractivity contribution in [2.45, 2.75) is 73.6 Å². The Balaban J connectivity index is 1.09. The highest BCUT2D eigenvalue weighted by Gasteiger charge is 2.66. The first-order chi connectivity index (χ1) is 23.9. The van der Waals surface area contributed by atoms with E-state index in [0.717, 1.165) is 29.4 Å². The minimum absolute atomic E-state index is 0.0359. The Hall–Kier alpha value is -5.47. The first-order valence-corrected chi connectivity index (χ1v) is 16.6. The van der Waals surface area contributed by atoms with E-state index in [2.05, 4.69) is 16.0 Å². The molecule has 50 heavy (non-hydrogen) atoms. The van der Waals surface area contributed by atoms with Crippen LogP contribution in [0.1, 0.15) is 56.1 Å². The van der Waals surface area contributed by atoms with E-state index in [1.165, 1.54) is 9.80 Å². The van der Waals surface area contributed by atoms with Gasteiger partial charge >= 0.3 is 18.0 Å². The van der Waals surface area contributed by atoms with Crippen molar-refractivity contribution in [1.29, 1.82) is 0 Å². The Labute approximate surface area is 286 Å². The molecule has 15 heteroatoms. The van der Waals surface area contributed by atoms with E-state index in [-0.39, 0.29) is 51.2 Å². The summed E-state index contributed by atoms with van der Waals surface area (Å²) >= 11 is 0. The van der Waals surface area contributed by atoms with Crippen LogP contribution in [-0.4, -0.2) is 112 Å². The number of hydrogen-bond acceptors (Lipinski definition) is 9. The van der Waals surface area contributed by atoms with Crippen molar-refractivity contribution in [3.63, 3.8) is 0 Å². The number of esters is 1. The average Bonchev–Trinajstić information content (AvgIpc) is 3.79. The van der Waals surface area contributed by atoms with Crippen molar-refractivity contribution in [3.05, 3.63) is 59.7 Å². The number of alkyl carbamates (subject to hydrolysis) is 1. The second kappa shape index (κ2) is 11.8. The highest BCUT2D eigenvalue weighted by Crippen LogP contribution is 2.45. The zero-order chi connectivity index (χ0) is 35.6. The van der Waals surface area contributed by atoms with Gasteiger partial charge in [-0.25, -0.2) is 9.59 Å². The molecule has 0 aromatic heterocycles. The Morgan fingerprint density at radius 1 is 0.880 bits per heavy atom. The third-order valence-corrected chi connectivity index (χ3v) is 11.0. The van der Waals surface area contributed by atoms with Crippen molar-refractivity contribution in [2.24, 2.45) is 0 Å². The lowest BCUT2D eigenvalue weighted by Gasteiger charge is -2.43. The van der Waals surface area contributed by atoms with Gasteiger partial charge in [-0.15, -0.1) is 0 Å². The van der Waals surface area contributed by atoms with Gasteiger partial charge in [-0.1, -0.05) is 55.5 Å². The number of ether oxygens (including phenoxy) is 2. The summed E-state index contributed by atoms with van der Waals surface area (Å²) in [5.41, 5.74) is -0.914. The predicted molar refractivity (Wildman–Crippen MR) is 172 cm³/mol. The molecule has 4 heterocycles. The number of amides is 5. The van der Waals surface area contributed by atoms with Crippen LogP contribution < -0.4 is 16.0 Å². The Morgan fingerprint density at radius 3 is 2.10 bits per heavy atom. The summed E-state index contributed by atoms with van der Waals surface area (Å²) in [7, 11) is 1.13. The molecule has 7 rings (SSSR count). The van der Waals surface area contributed by atoms with Crippen LogP contribution in [0, 0.1) is 0 Å². The van der Waals surface area contributed by atoms with E-state index < -0.39 is 76.9 Å². The number of nitrogens with one attached hydrogen (secondary N) is 3. The second-order valence-corrected chi connectivity index (χ2v) is 13.7. The monoisotopic (exact) mass is 687 g/mol. The van der Waals surface area contributed by atoms with Gasteiger partial charge in [0.05, 0.1) is 20.2 Å². The number of carboxylic acid groups (broad SMARTS) is 1. The minimum atomic E-state index is -1.83. The Kier molecular flexibility index (Phi) is 7.83. The number of aliphatic carboxylic acids is 1. The maximum absolute atomic E-state index is 14.3. The number of hydrogen-bond donors (Lipinski definition) is 4. The van der Waals surface area contributed by atoms with Gasteiger partial charge in [-0.3, -0.25) is 24.0 Å². The number of carbonyl (C=O) groups is 7. The second-order valence-electron chi connectivity index (χ2n) is 13.7. The smallest absolute Gasteiger partial charge is 0.408 e. The van der Waals surface area contributed by atoms with Crippen molar-refractivity contribution < 1.29 is 48.1 Å². The van der Waals surface area contributed by atoms with Crippen molar-refractivity contribution >= 4 is 41.7 Å². The molecule has 5 atom stereocenters. The summed E-state index contributed by atoms with van der Waals surface area (Å²) in [6.45, 7) is 0.888. The van der Waals surface area contributed by atoms with E-state index in [1.807, 2.05) is 48.5 Å². The van der Waals surface area contributed by atoms with Gasteiger partial charge in [-0.05, 0) is 35.1 Å². The highest BCUT2D eigenvalue weighted by molar-refractivity contribution is 6.06. The number of piperazine rings is 2. The molecule has 4 fully saturated rings. The van der Waals surface area contributed by atoms with Crippen LogP contribution in [0.3, 0.4) is 0 Å². The van der Waals surface area contributed by atoms with Crippen LogP contribution in [0.25, 0.3) is 11.1 Å². The molecule has 4 N–H and O–H groups in total. The summed E-state index contributed by atoms with van der Waals surface area (Å²) in [5.74, 6) is -4.58. The fraction of sp³-hybridized carbons (Fsp3) is 0.457. The minimum Gasteiger partial charge on any atom is -0.481 e. The summed E-state index contributed by atoms with van der Waals surface area (Å²) < 4.78 is 10.7. The molecule has 1 spiro atoms. The van der Waals surface area contributed by atoms with Gasteiger partial charge in [0.1, 0.15) is 29.8 Å². The first kappa shape index (κ1) is 33.0. The van der Waals surface area contributed by atoms with Gasteiger partial charge < -0.3 is 40.3 Å². The standard InChI is InChI=1S/C35H37N5O10/c1-3-33(13-12-26(41)42)29(45)39-17-34(14-24(39)27(43)36-33)30(46)40-18-35(31(47)49-2,15-25(40)28(44)37-34)38-32(48)50-16-23-21-10-6-4-8-19(21)20-9-5-7-11-22(20)23/h4-11,23-25H,3,12-18H2,1-2H3,(H,36,43)(H,37,44)(H,38,48)(H,41,42)/t24-,25?,33+,34-,35-/m0/s1. The van der Waals surface area contributed by atoms with E-state index in [1.54, 1.807) is 6.92 Å². The van der Waals surface area contributed by atoms with Crippen molar-refractivity contribution in [1.82, 2.24) is 25.8 Å². The molecule has 0 saturated carbocycles. The normalized spacial score (nSPS) is 29.5. The van der Waals surface area contributed by atoms with Crippen LogP contribution in [0.4, 0.5) is 4.79 Å². The number of carboxylic acids is 1. The molecule has 0 bridgehead atoms. The van der Waals surface area contributed by atoms with Gasteiger partial charge in [0.25, 0.3) is 5.91 Å². The number of rotatable bonds is 8. The molecular weight excluding hydrogens is 650 g/mol. The molecular formula is C35H37N5O10. The molecule has 2 aromatic carbocycles. The van der Waals surface area contributed by atoms with Crippen LogP contribution in [0.5, 0.6) is 0 Å². The van der Waals surface area contributed by atoms with E-state index in [9.17, 15) is 38.7 Å². The summed E-state index contributed by atoms with van der Waals surface area (Å²) in [4.78, 5) is 95.5. The first-order valence-electron chi connectivity index (χ1n) is 16.6. The van der Waals surface area contributed by atoms with E-state index in [0.29, 0.717) is 0 Å².